The van der Waals surface area contributed by atoms with Crippen molar-refractivity contribution in [1.82, 2.24) is 0 Å². The summed E-state index contributed by atoms with van der Waals surface area (Å²) in [6, 6.07) is 7.72. The molecule has 1 heterocycles. The molecule has 0 amide bonds. The normalized spacial score (nSPS) is 21.3. The second-order valence-electron chi connectivity index (χ2n) is 4.88. The Bertz CT molecular complexity index is 476. The molecule has 1 aromatic rings. The lowest BCUT2D eigenvalue weighted by molar-refractivity contribution is 0.0780. The maximum Gasteiger partial charge on any atom is 0.509 e. The third-order valence-corrected chi connectivity index (χ3v) is 3.07. The van der Waals surface area contributed by atoms with Gasteiger partial charge in [-0.05, 0) is 30.5 Å². The van der Waals surface area contributed by atoms with E-state index in [0.29, 0.717) is 6.54 Å². The van der Waals surface area contributed by atoms with Gasteiger partial charge in [-0.1, -0.05) is 30.8 Å². The highest BCUT2D eigenvalue weighted by Crippen LogP contribution is 2.34. The van der Waals surface area contributed by atoms with Crippen molar-refractivity contribution >= 4 is 11.7 Å². The molecule has 0 radical (unpaired) electrons. The van der Waals surface area contributed by atoms with Crippen LogP contribution in [0.1, 0.15) is 25.0 Å². The van der Waals surface area contributed by atoms with Gasteiger partial charge < -0.3 is 15.2 Å². The van der Waals surface area contributed by atoms with E-state index in [9.17, 15) is 4.79 Å². The summed E-state index contributed by atoms with van der Waals surface area (Å²) in [5.74, 6) is 0. The van der Waals surface area contributed by atoms with Crippen LogP contribution in [-0.2, 0) is 16.0 Å². The average Bonchev–Trinajstić information content (AvgIpc) is 2.61. The number of carbonyl (C=O) groups excluding carboxylic acids is 1. The van der Waals surface area contributed by atoms with Crippen molar-refractivity contribution in [1.29, 1.82) is 0 Å². The second kappa shape index (κ2) is 4.46. The van der Waals surface area contributed by atoms with Gasteiger partial charge in [0.1, 0.15) is 0 Å². The predicted molar refractivity (Wildman–Crippen MR) is 68.8 cm³/mol. The van der Waals surface area contributed by atoms with Gasteiger partial charge in [0, 0.05) is 6.54 Å². The number of cyclic esters (lactones) is 2. The zero-order valence-corrected chi connectivity index (χ0v) is 10.6. The van der Waals surface area contributed by atoms with Gasteiger partial charge in [0.05, 0.1) is 0 Å². The SMILES string of the molecule is C=C(c1ccc(CN)cc1)C1OC(=O)OC1(C)C. The molecular weight excluding hydrogens is 230 g/mol. The summed E-state index contributed by atoms with van der Waals surface area (Å²) in [6.45, 7) is 8.12. The number of benzene rings is 1. The van der Waals surface area contributed by atoms with Crippen molar-refractivity contribution in [2.45, 2.75) is 32.1 Å². The van der Waals surface area contributed by atoms with Crippen LogP contribution in [0.25, 0.3) is 5.57 Å². The Balaban J connectivity index is 2.23. The fourth-order valence-corrected chi connectivity index (χ4v) is 2.03. The minimum Gasteiger partial charge on any atom is -0.424 e. The van der Waals surface area contributed by atoms with E-state index in [1.54, 1.807) is 0 Å². The lowest BCUT2D eigenvalue weighted by atomic mass is 9.91. The number of nitrogens with two attached hydrogens (primary N) is 1. The zero-order valence-electron chi connectivity index (χ0n) is 10.6. The Morgan fingerprint density at radius 3 is 2.44 bits per heavy atom. The summed E-state index contributed by atoms with van der Waals surface area (Å²) in [5, 5.41) is 0. The molecule has 4 heteroatoms. The summed E-state index contributed by atoms with van der Waals surface area (Å²) in [6.07, 6.45) is -1.11. The van der Waals surface area contributed by atoms with Gasteiger partial charge in [-0.3, -0.25) is 0 Å². The Hall–Kier alpha value is -1.81. The van der Waals surface area contributed by atoms with Gasteiger partial charge >= 0.3 is 6.16 Å². The van der Waals surface area contributed by atoms with Gasteiger partial charge in [-0.25, -0.2) is 4.79 Å². The molecule has 1 unspecified atom stereocenters. The van der Waals surface area contributed by atoms with E-state index in [1.807, 2.05) is 38.1 Å². The molecule has 0 aliphatic carbocycles. The van der Waals surface area contributed by atoms with Crippen molar-refractivity contribution < 1.29 is 14.3 Å². The van der Waals surface area contributed by atoms with Gasteiger partial charge in [-0.15, -0.1) is 0 Å². The van der Waals surface area contributed by atoms with Crippen molar-refractivity contribution in [2.24, 2.45) is 5.73 Å². The first-order valence-corrected chi connectivity index (χ1v) is 5.82. The largest absolute Gasteiger partial charge is 0.509 e. The van der Waals surface area contributed by atoms with Crippen LogP contribution in [0, 0.1) is 0 Å². The molecule has 0 bridgehead atoms. The average molecular weight is 247 g/mol. The highest BCUT2D eigenvalue weighted by Gasteiger charge is 2.45. The number of hydrogen-bond donors (Lipinski definition) is 1. The van der Waals surface area contributed by atoms with Crippen LogP contribution in [-0.4, -0.2) is 17.9 Å². The summed E-state index contributed by atoms with van der Waals surface area (Å²) < 4.78 is 10.3. The van der Waals surface area contributed by atoms with Crippen LogP contribution in [0.5, 0.6) is 0 Å². The summed E-state index contributed by atoms with van der Waals surface area (Å²) >= 11 is 0. The molecule has 2 N–H and O–H groups in total. The van der Waals surface area contributed by atoms with E-state index in [0.717, 1.165) is 16.7 Å². The van der Waals surface area contributed by atoms with Crippen molar-refractivity contribution in [3.05, 3.63) is 42.0 Å². The molecule has 1 saturated heterocycles. The van der Waals surface area contributed by atoms with Crippen molar-refractivity contribution in [2.75, 3.05) is 0 Å². The van der Waals surface area contributed by atoms with Crippen LogP contribution < -0.4 is 5.73 Å². The minimum absolute atomic E-state index is 0.464. The molecule has 0 aromatic heterocycles. The summed E-state index contributed by atoms with van der Waals surface area (Å²) in [7, 11) is 0. The molecule has 18 heavy (non-hydrogen) atoms. The van der Waals surface area contributed by atoms with Crippen LogP contribution in [0.4, 0.5) is 4.79 Å². The highest BCUT2D eigenvalue weighted by molar-refractivity contribution is 5.74. The lowest BCUT2D eigenvalue weighted by Gasteiger charge is -2.23. The maximum atomic E-state index is 11.2. The molecule has 1 fully saturated rings. The molecule has 1 atom stereocenters. The van der Waals surface area contributed by atoms with Crippen LogP contribution >= 0.6 is 0 Å². The highest BCUT2D eigenvalue weighted by atomic mass is 16.8. The number of rotatable bonds is 3. The fraction of sp³-hybridized carbons (Fsp3) is 0.357. The number of ether oxygens (including phenoxy) is 2. The van der Waals surface area contributed by atoms with Gasteiger partial charge in [0.15, 0.2) is 11.7 Å². The Morgan fingerprint density at radius 2 is 2.00 bits per heavy atom. The van der Waals surface area contributed by atoms with Crippen LogP contribution in [0.2, 0.25) is 0 Å². The maximum absolute atomic E-state index is 11.2. The van der Waals surface area contributed by atoms with Gasteiger partial charge in [0.25, 0.3) is 0 Å². The number of hydrogen-bond acceptors (Lipinski definition) is 4. The van der Waals surface area contributed by atoms with E-state index in [4.69, 9.17) is 15.2 Å². The standard InChI is InChI=1S/C14H17NO3/c1-9(11-6-4-10(8-15)5-7-11)12-14(2,3)18-13(16)17-12/h4-7,12H,1,8,15H2,2-3H3. The van der Waals surface area contributed by atoms with Crippen LogP contribution in [0.3, 0.4) is 0 Å². The summed E-state index contributed by atoms with van der Waals surface area (Å²) in [4.78, 5) is 11.2. The molecule has 0 saturated carbocycles. The second-order valence-corrected chi connectivity index (χ2v) is 4.88. The van der Waals surface area contributed by atoms with Gasteiger partial charge in [-0.2, -0.15) is 0 Å². The lowest BCUT2D eigenvalue weighted by Crippen LogP contribution is -2.33. The van der Waals surface area contributed by atoms with E-state index >= 15 is 0 Å². The Labute approximate surface area is 106 Å². The molecule has 0 spiro atoms. The molecule has 4 nitrogen and oxygen atoms in total. The molecule has 1 aliphatic rings. The molecule has 1 aliphatic heterocycles. The smallest absolute Gasteiger partial charge is 0.424 e. The third-order valence-electron chi connectivity index (χ3n) is 3.07. The van der Waals surface area contributed by atoms with Crippen molar-refractivity contribution in [3.8, 4) is 0 Å². The monoisotopic (exact) mass is 247 g/mol. The molecule has 96 valence electrons. The Kier molecular flexibility index (Phi) is 3.13. The van der Waals surface area contributed by atoms with E-state index < -0.39 is 17.9 Å². The third kappa shape index (κ3) is 2.24. The van der Waals surface area contributed by atoms with Crippen LogP contribution in [0.15, 0.2) is 30.8 Å². The first kappa shape index (κ1) is 12.6. The van der Waals surface area contributed by atoms with E-state index in [2.05, 4.69) is 6.58 Å². The number of carbonyl (C=O) groups is 1. The molecule has 1 aromatic carbocycles. The minimum atomic E-state index is -0.694. The zero-order chi connectivity index (χ0) is 13.3. The van der Waals surface area contributed by atoms with Crippen molar-refractivity contribution in [3.63, 3.8) is 0 Å². The Morgan fingerprint density at radius 1 is 1.39 bits per heavy atom. The van der Waals surface area contributed by atoms with E-state index in [-0.39, 0.29) is 0 Å². The van der Waals surface area contributed by atoms with Gasteiger partial charge in [0.2, 0.25) is 0 Å². The predicted octanol–water partition coefficient (Wildman–Crippen LogP) is 2.47. The topological polar surface area (TPSA) is 61.5 Å². The molecule has 2 rings (SSSR count). The first-order chi connectivity index (χ1) is 8.44. The fourth-order valence-electron chi connectivity index (χ4n) is 2.03. The quantitative estimate of drug-likeness (QED) is 0.833. The summed E-state index contributed by atoms with van der Waals surface area (Å²) in [5.41, 5.74) is 7.55. The van der Waals surface area contributed by atoms with E-state index in [1.165, 1.54) is 0 Å². The first-order valence-electron chi connectivity index (χ1n) is 5.82. The molecular formula is C14H17NO3.